The van der Waals surface area contributed by atoms with Crippen molar-refractivity contribution in [1.29, 1.82) is 0 Å². The standard InChI is InChI=1S/C30H28N2O4S/c33-28(24-15-8-3-9-16-24)31-25(19-22-11-4-1-5-12-22)21-36-30(35)26(20-23-13-6-2-7-14-23)32-29(34)27-17-10-18-37-27/h1-18,25-26H,19-21H2,(H,31,33)(H,32,34)/t25-,26+/m1/s1. The van der Waals surface area contributed by atoms with Gasteiger partial charge in [-0.25, -0.2) is 4.79 Å². The molecule has 6 nitrogen and oxygen atoms in total. The first-order valence-corrected chi connectivity index (χ1v) is 12.9. The van der Waals surface area contributed by atoms with Gasteiger partial charge in [0.1, 0.15) is 12.6 Å². The Balaban J connectivity index is 1.46. The van der Waals surface area contributed by atoms with Gasteiger partial charge >= 0.3 is 5.97 Å². The van der Waals surface area contributed by atoms with E-state index in [1.54, 1.807) is 36.4 Å². The van der Waals surface area contributed by atoms with Gasteiger partial charge in [-0.3, -0.25) is 9.59 Å². The van der Waals surface area contributed by atoms with Crippen molar-refractivity contribution >= 4 is 29.1 Å². The molecule has 0 saturated heterocycles. The molecule has 0 aliphatic heterocycles. The minimum atomic E-state index is -0.876. The van der Waals surface area contributed by atoms with Gasteiger partial charge in [-0.1, -0.05) is 84.9 Å². The third kappa shape index (κ3) is 7.88. The lowest BCUT2D eigenvalue weighted by atomic mass is 10.0. The van der Waals surface area contributed by atoms with Gasteiger partial charge in [0, 0.05) is 12.0 Å². The lowest BCUT2D eigenvalue weighted by molar-refractivity contribution is -0.146. The van der Waals surface area contributed by atoms with Crippen LogP contribution in [0.2, 0.25) is 0 Å². The zero-order valence-electron chi connectivity index (χ0n) is 20.2. The maximum Gasteiger partial charge on any atom is 0.329 e. The van der Waals surface area contributed by atoms with Gasteiger partial charge in [0.05, 0.1) is 10.9 Å². The first kappa shape index (κ1) is 25.9. The second kappa shape index (κ2) is 13.2. The van der Waals surface area contributed by atoms with Crippen LogP contribution in [0.4, 0.5) is 0 Å². The molecular weight excluding hydrogens is 484 g/mol. The van der Waals surface area contributed by atoms with E-state index >= 15 is 0 Å². The third-order valence-corrected chi connectivity index (χ3v) is 6.61. The fourth-order valence-corrected chi connectivity index (χ4v) is 4.50. The van der Waals surface area contributed by atoms with Crippen LogP contribution in [0, 0.1) is 0 Å². The SMILES string of the molecule is O=C(N[C@@H](COC(=O)[C@H](Cc1ccccc1)NC(=O)c1cccs1)Cc1ccccc1)c1ccccc1. The predicted octanol–water partition coefficient (Wildman–Crippen LogP) is 4.67. The number of carbonyl (C=O) groups is 3. The number of carbonyl (C=O) groups excluding carboxylic acids is 3. The van der Waals surface area contributed by atoms with Crippen LogP contribution in [0.5, 0.6) is 0 Å². The highest BCUT2D eigenvalue weighted by Crippen LogP contribution is 2.12. The molecule has 4 rings (SSSR count). The third-order valence-electron chi connectivity index (χ3n) is 5.74. The number of esters is 1. The van der Waals surface area contributed by atoms with E-state index in [1.165, 1.54) is 11.3 Å². The van der Waals surface area contributed by atoms with Crippen LogP contribution < -0.4 is 10.6 Å². The predicted molar refractivity (Wildman–Crippen MR) is 145 cm³/mol. The first-order chi connectivity index (χ1) is 18.1. The number of hydrogen-bond acceptors (Lipinski definition) is 5. The van der Waals surface area contributed by atoms with Gasteiger partial charge in [-0.15, -0.1) is 11.3 Å². The van der Waals surface area contributed by atoms with Crippen LogP contribution in [0.3, 0.4) is 0 Å². The van der Waals surface area contributed by atoms with Crippen LogP contribution in [0.25, 0.3) is 0 Å². The van der Waals surface area contributed by atoms with Crippen molar-refractivity contribution in [2.45, 2.75) is 24.9 Å². The van der Waals surface area contributed by atoms with Crippen LogP contribution in [0.1, 0.15) is 31.2 Å². The quantitative estimate of drug-likeness (QED) is 0.286. The fourth-order valence-electron chi connectivity index (χ4n) is 3.87. The highest BCUT2D eigenvalue weighted by atomic mass is 32.1. The molecule has 0 fully saturated rings. The minimum absolute atomic E-state index is 0.0353. The molecule has 0 bridgehead atoms. The average Bonchev–Trinajstić information content (AvgIpc) is 3.48. The summed E-state index contributed by atoms with van der Waals surface area (Å²) < 4.78 is 5.70. The summed E-state index contributed by atoms with van der Waals surface area (Å²) >= 11 is 1.30. The van der Waals surface area contributed by atoms with Gasteiger partial charge in [-0.05, 0) is 41.1 Å². The Bertz CT molecular complexity index is 1280. The van der Waals surface area contributed by atoms with Crippen LogP contribution in [-0.4, -0.2) is 36.5 Å². The van der Waals surface area contributed by atoms with Crippen molar-refractivity contribution in [3.05, 3.63) is 130 Å². The van der Waals surface area contributed by atoms with Gasteiger partial charge < -0.3 is 15.4 Å². The van der Waals surface area contributed by atoms with E-state index in [1.807, 2.05) is 72.1 Å². The van der Waals surface area contributed by atoms with E-state index in [9.17, 15) is 14.4 Å². The van der Waals surface area contributed by atoms with Gasteiger partial charge in [0.15, 0.2) is 0 Å². The summed E-state index contributed by atoms with van der Waals surface area (Å²) in [5.74, 6) is -1.13. The van der Waals surface area contributed by atoms with Crippen LogP contribution in [-0.2, 0) is 22.4 Å². The number of benzene rings is 3. The number of rotatable bonds is 11. The Morgan fingerprint density at radius 1 is 0.676 bits per heavy atom. The Kier molecular flexibility index (Phi) is 9.21. The monoisotopic (exact) mass is 512 g/mol. The number of thiophene rings is 1. The number of amides is 2. The Morgan fingerprint density at radius 2 is 1.27 bits per heavy atom. The van der Waals surface area contributed by atoms with E-state index < -0.39 is 18.1 Å². The second-order valence-electron chi connectivity index (χ2n) is 8.55. The summed E-state index contributed by atoms with van der Waals surface area (Å²) in [5.41, 5.74) is 2.43. The molecule has 4 aromatic rings. The smallest absolute Gasteiger partial charge is 0.329 e. The lowest BCUT2D eigenvalue weighted by Gasteiger charge is -2.22. The van der Waals surface area contributed by atoms with E-state index in [0.29, 0.717) is 16.9 Å². The van der Waals surface area contributed by atoms with E-state index in [0.717, 1.165) is 11.1 Å². The maximum atomic E-state index is 13.2. The Morgan fingerprint density at radius 3 is 1.86 bits per heavy atom. The minimum Gasteiger partial charge on any atom is -0.462 e. The van der Waals surface area contributed by atoms with Crippen molar-refractivity contribution in [3.8, 4) is 0 Å². The fraction of sp³-hybridized carbons (Fsp3) is 0.167. The van der Waals surface area contributed by atoms with Crippen molar-refractivity contribution in [2.24, 2.45) is 0 Å². The number of ether oxygens (including phenoxy) is 1. The van der Waals surface area contributed by atoms with Crippen molar-refractivity contribution < 1.29 is 19.1 Å². The normalized spacial score (nSPS) is 12.2. The average molecular weight is 513 g/mol. The second-order valence-corrected chi connectivity index (χ2v) is 9.50. The molecule has 1 heterocycles. The molecule has 0 aliphatic carbocycles. The molecule has 2 atom stereocenters. The molecular formula is C30H28N2O4S. The number of nitrogens with one attached hydrogen (secondary N) is 2. The van der Waals surface area contributed by atoms with Gasteiger partial charge in [0.25, 0.3) is 11.8 Å². The molecule has 3 aromatic carbocycles. The summed E-state index contributed by atoms with van der Waals surface area (Å²) in [7, 11) is 0. The summed E-state index contributed by atoms with van der Waals surface area (Å²) in [6.45, 7) is -0.0353. The zero-order chi connectivity index (χ0) is 25.9. The van der Waals surface area contributed by atoms with Gasteiger partial charge in [0.2, 0.25) is 0 Å². The van der Waals surface area contributed by atoms with Gasteiger partial charge in [-0.2, -0.15) is 0 Å². The molecule has 0 saturated carbocycles. The largest absolute Gasteiger partial charge is 0.462 e. The van der Waals surface area contributed by atoms with E-state index in [2.05, 4.69) is 10.6 Å². The molecule has 37 heavy (non-hydrogen) atoms. The van der Waals surface area contributed by atoms with E-state index in [4.69, 9.17) is 4.74 Å². The highest BCUT2D eigenvalue weighted by molar-refractivity contribution is 7.12. The van der Waals surface area contributed by atoms with Crippen molar-refractivity contribution in [3.63, 3.8) is 0 Å². The highest BCUT2D eigenvalue weighted by Gasteiger charge is 2.25. The molecule has 2 N–H and O–H groups in total. The molecule has 188 valence electrons. The molecule has 7 heteroatoms. The van der Waals surface area contributed by atoms with Crippen molar-refractivity contribution in [2.75, 3.05) is 6.61 Å². The topological polar surface area (TPSA) is 84.5 Å². The first-order valence-electron chi connectivity index (χ1n) is 12.0. The Labute approximate surface area is 220 Å². The summed E-state index contributed by atoms with van der Waals surface area (Å²) in [5, 5.41) is 7.61. The Hall–Kier alpha value is -4.23. The summed E-state index contributed by atoms with van der Waals surface area (Å²) in [6.07, 6.45) is 0.772. The molecule has 0 spiro atoms. The van der Waals surface area contributed by atoms with Crippen molar-refractivity contribution in [1.82, 2.24) is 10.6 Å². The summed E-state index contributed by atoms with van der Waals surface area (Å²) in [6, 6.07) is 30.2. The molecule has 2 amide bonds. The molecule has 0 unspecified atom stereocenters. The number of hydrogen-bond donors (Lipinski definition) is 2. The maximum absolute atomic E-state index is 13.2. The van der Waals surface area contributed by atoms with Crippen LogP contribution in [0.15, 0.2) is 109 Å². The molecule has 0 radical (unpaired) electrons. The summed E-state index contributed by atoms with van der Waals surface area (Å²) in [4.78, 5) is 39.3. The zero-order valence-corrected chi connectivity index (χ0v) is 21.0. The molecule has 1 aromatic heterocycles. The van der Waals surface area contributed by atoms with E-state index in [-0.39, 0.29) is 24.8 Å². The van der Waals surface area contributed by atoms with Crippen LogP contribution >= 0.6 is 11.3 Å². The lowest BCUT2D eigenvalue weighted by Crippen LogP contribution is -2.46. The molecule has 0 aliphatic rings.